The molecule has 0 bridgehead atoms. The SMILES string of the molecule is CCCNCC(C)(O)Cc1cnn(C)c1. The highest BCUT2D eigenvalue weighted by Gasteiger charge is 2.20. The summed E-state index contributed by atoms with van der Waals surface area (Å²) >= 11 is 0. The van der Waals surface area contributed by atoms with Crippen LogP contribution in [0, 0.1) is 0 Å². The highest BCUT2D eigenvalue weighted by molar-refractivity contribution is 5.07. The van der Waals surface area contributed by atoms with E-state index in [1.54, 1.807) is 10.9 Å². The zero-order valence-electron chi connectivity index (χ0n) is 9.82. The minimum Gasteiger partial charge on any atom is -0.389 e. The summed E-state index contributed by atoms with van der Waals surface area (Å²) in [5.41, 5.74) is 0.374. The Labute approximate surface area is 91.3 Å². The number of aryl methyl sites for hydroxylation is 1. The molecule has 1 aromatic rings. The van der Waals surface area contributed by atoms with Gasteiger partial charge in [0.1, 0.15) is 0 Å². The average molecular weight is 211 g/mol. The van der Waals surface area contributed by atoms with E-state index in [2.05, 4.69) is 17.3 Å². The van der Waals surface area contributed by atoms with Gasteiger partial charge in [-0.3, -0.25) is 4.68 Å². The van der Waals surface area contributed by atoms with Crippen LogP contribution in [0.1, 0.15) is 25.8 Å². The maximum Gasteiger partial charge on any atom is 0.0784 e. The molecule has 0 aliphatic rings. The lowest BCUT2D eigenvalue weighted by Crippen LogP contribution is -2.39. The fourth-order valence-corrected chi connectivity index (χ4v) is 1.60. The highest BCUT2D eigenvalue weighted by Crippen LogP contribution is 2.11. The van der Waals surface area contributed by atoms with Crippen molar-refractivity contribution < 1.29 is 5.11 Å². The van der Waals surface area contributed by atoms with Crippen molar-refractivity contribution in [1.82, 2.24) is 15.1 Å². The largest absolute Gasteiger partial charge is 0.389 e. The van der Waals surface area contributed by atoms with Gasteiger partial charge >= 0.3 is 0 Å². The first kappa shape index (κ1) is 12.2. The number of aromatic nitrogens is 2. The minimum absolute atomic E-state index is 0.621. The van der Waals surface area contributed by atoms with Gasteiger partial charge in [-0.1, -0.05) is 6.92 Å². The van der Waals surface area contributed by atoms with Crippen molar-refractivity contribution in [2.75, 3.05) is 13.1 Å². The molecule has 1 aromatic heterocycles. The molecule has 0 aliphatic heterocycles. The quantitative estimate of drug-likeness (QED) is 0.681. The van der Waals surface area contributed by atoms with Crippen LogP contribution in [-0.2, 0) is 13.5 Å². The summed E-state index contributed by atoms with van der Waals surface area (Å²) in [6.07, 6.45) is 5.46. The third kappa shape index (κ3) is 4.44. The molecule has 1 atom stereocenters. The molecular formula is C11H21N3O. The van der Waals surface area contributed by atoms with Crippen LogP contribution in [0.25, 0.3) is 0 Å². The number of hydrogen-bond acceptors (Lipinski definition) is 3. The molecule has 0 saturated heterocycles. The summed E-state index contributed by atoms with van der Waals surface area (Å²) in [5.74, 6) is 0. The molecule has 86 valence electrons. The summed E-state index contributed by atoms with van der Waals surface area (Å²) in [6, 6.07) is 0. The summed E-state index contributed by atoms with van der Waals surface area (Å²) in [7, 11) is 1.88. The molecule has 4 nitrogen and oxygen atoms in total. The average Bonchev–Trinajstić information content (AvgIpc) is 2.50. The Balaban J connectivity index is 2.41. The first-order valence-electron chi connectivity index (χ1n) is 5.44. The zero-order valence-corrected chi connectivity index (χ0v) is 9.82. The zero-order chi connectivity index (χ0) is 11.3. The number of rotatable bonds is 6. The van der Waals surface area contributed by atoms with Gasteiger partial charge in [0, 0.05) is 26.2 Å². The van der Waals surface area contributed by atoms with E-state index < -0.39 is 5.60 Å². The molecule has 0 saturated carbocycles. The van der Waals surface area contributed by atoms with Crippen molar-refractivity contribution in [3.8, 4) is 0 Å². The lowest BCUT2D eigenvalue weighted by molar-refractivity contribution is 0.0603. The second kappa shape index (κ2) is 5.28. The van der Waals surface area contributed by atoms with Gasteiger partial charge in [-0.05, 0) is 25.5 Å². The molecule has 0 aliphatic carbocycles. The van der Waals surface area contributed by atoms with Crippen molar-refractivity contribution in [1.29, 1.82) is 0 Å². The number of aliphatic hydroxyl groups is 1. The fourth-order valence-electron chi connectivity index (χ4n) is 1.60. The van der Waals surface area contributed by atoms with Gasteiger partial charge in [-0.15, -0.1) is 0 Å². The lowest BCUT2D eigenvalue weighted by Gasteiger charge is -2.22. The van der Waals surface area contributed by atoms with Crippen molar-refractivity contribution in [3.05, 3.63) is 18.0 Å². The van der Waals surface area contributed by atoms with Gasteiger partial charge in [-0.25, -0.2) is 0 Å². The molecule has 0 fully saturated rings. The van der Waals surface area contributed by atoms with Crippen LogP contribution < -0.4 is 5.32 Å². The predicted molar refractivity (Wildman–Crippen MR) is 60.7 cm³/mol. The molecule has 2 N–H and O–H groups in total. The van der Waals surface area contributed by atoms with E-state index in [1.165, 1.54) is 0 Å². The molecule has 0 radical (unpaired) electrons. The Kier molecular flexibility index (Phi) is 4.29. The van der Waals surface area contributed by atoms with Gasteiger partial charge < -0.3 is 10.4 Å². The van der Waals surface area contributed by atoms with Crippen molar-refractivity contribution in [3.63, 3.8) is 0 Å². The van der Waals surface area contributed by atoms with Gasteiger partial charge in [0.25, 0.3) is 0 Å². The van der Waals surface area contributed by atoms with Crippen molar-refractivity contribution in [2.45, 2.75) is 32.3 Å². The summed E-state index contributed by atoms with van der Waals surface area (Å²) < 4.78 is 1.75. The number of nitrogens with one attached hydrogen (secondary N) is 1. The molecule has 15 heavy (non-hydrogen) atoms. The second-order valence-corrected chi connectivity index (χ2v) is 4.37. The molecule has 0 aromatic carbocycles. The molecule has 0 amide bonds. The highest BCUT2D eigenvalue weighted by atomic mass is 16.3. The van der Waals surface area contributed by atoms with E-state index in [1.807, 2.05) is 20.2 Å². The van der Waals surface area contributed by atoms with E-state index in [0.717, 1.165) is 18.5 Å². The first-order chi connectivity index (χ1) is 7.03. The van der Waals surface area contributed by atoms with Crippen LogP contribution in [0.5, 0.6) is 0 Å². The second-order valence-electron chi connectivity index (χ2n) is 4.37. The first-order valence-corrected chi connectivity index (χ1v) is 5.44. The molecule has 1 heterocycles. The van der Waals surface area contributed by atoms with Crippen LogP contribution in [0.2, 0.25) is 0 Å². The smallest absolute Gasteiger partial charge is 0.0784 e. The monoisotopic (exact) mass is 211 g/mol. The molecule has 1 unspecified atom stereocenters. The van der Waals surface area contributed by atoms with E-state index in [-0.39, 0.29) is 0 Å². The van der Waals surface area contributed by atoms with Crippen molar-refractivity contribution in [2.24, 2.45) is 7.05 Å². The Hall–Kier alpha value is -0.870. The molecular weight excluding hydrogens is 190 g/mol. The van der Waals surface area contributed by atoms with Crippen LogP contribution in [0.15, 0.2) is 12.4 Å². The third-order valence-corrected chi connectivity index (χ3v) is 2.28. The van der Waals surface area contributed by atoms with Crippen LogP contribution in [-0.4, -0.2) is 33.6 Å². The molecule has 0 spiro atoms. The topological polar surface area (TPSA) is 50.1 Å². The number of hydrogen-bond donors (Lipinski definition) is 2. The Bertz CT molecular complexity index is 294. The predicted octanol–water partition coefficient (Wildman–Crippen LogP) is 0.713. The summed E-state index contributed by atoms with van der Waals surface area (Å²) in [4.78, 5) is 0. The van der Waals surface area contributed by atoms with Gasteiger partial charge in [0.15, 0.2) is 0 Å². The minimum atomic E-state index is -0.696. The lowest BCUT2D eigenvalue weighted by atomic mass is 9.98. The third-order valence-electron chi connectivity index (χ3n) is 2.28. The molecule has 1 rings (SSSR count). The maximum atomic E-state index is 10.1. The van der Waals surface area contributed by atoms with Gasteiger partial charge in [0.2, 0.25) is 0 Å². The van der Waals surface area contributed by atoms with E-state index >= 15 is 0 Å². The van der Waals surface area contributed by atoms with Crippen LogP contribution in [0.3, 0.4) is 0 Å². The summed E-state index contributed by atoms with van der Waals surface area (Å²) in [5, 5.41) is 17.4. The maximum absolute atomic E-state index is 10.1. The van der Waals surface area contributed by atoms with Crippen molar-refractivity contribution >= 4 is 0 Å². The Morgan fingerprint density at radius 3 is 2.87 bits per heavy atom. The Morgan fingerprint density at radius 1 is 1.60 bits per heavy atom. The fraction of sp³-hybridized carbons (Fsp3) is 0.727. The van der Waals surface area contributed by atoms with E-state index in [4.69, 9.17) is 0 Å². The summed E-state index contributed by atoms with van der Waals surface area (Å²) in [6.45, 7) is 5.53. The van der Waals surface area contributed by atoms with Crippen LogP contribution >= 0.6 is 0 Å². The van der Waals surface area contributed by atoms with E-state index in [0.29, 0.717) is 13.0 Å². The van der Waals surface area contributed by atoms with E-state index in [9.17, 15) is 5.11 Å². The van der Waals surface area contributed by atoms with Gasteiger partial charge in [0.05, 0.1) is 11.8 Å². The number of nitrogens with zero attached hydrogens (tertiary/aromatic N) is 2. The standard InChI is InChI=1S/C11H21N3O/c1-4-5-12-9-11(2,15)6-10-7-13-14(3)8-10/h7-8,12,15H,4-6,9H2,1-3H3. The Morgan fingerprint density at radius 2 is 2.33 bits per heavy atom. The van der Waals surface area contributed by atoms with Gasteiger partial charge in [-0.2, -0.15) is 5.10 Å². The normalized spacial score (nSPS) is 15.2. The van der Waals surface area contributed by atoms with Crippen LogP contribution in [0.4, 0.5) is 0 Å². The molecule has 4 heteroatoms.